The summed E-state index contributed by atoms with van der Waals surface area (Å²) in [6, 6.07) is 45.2. The third kappa shape index (κ3) is 8.34. The summed E-state index contributed by atoms with van der Waals surface area (Å²) in [5, 5.41) is 11.2. The van der Waals surface area contributed by atoms with Crippen molar-refractivity contribution in [1.82, 2.24) is 14.6 Å². The van der Waals surface area contributed by atoms with E-state index in [2.05, 4.69) is 157 Å². The van der Waals surface area contributed by atoms with Crippen LogP contribution in [0.25, 0.3) is 0 Å². The number of aromatic nitrogens is 2. The zero-order valence-corrected chi connectivity index (χ0v) is 36.7. The fourth-order valence-electron chi connectivity index (χ4n) is 10.4. The lowest BCUT2D eigenvalue weighted by atomic mass is 9.76. The molecule has 9 rings (SSSR count). The van der Waals surface area contributed by atoms with Crippen LogP contribution < -0.4 is 10.2 Å². The molecule has 2 fully saturated rings. The van der Waals surface area contributed by atoms with Gasteiger partial charge in [-0.25, -0.2) is 14.8 Å². The maximum atomic E-state index is 15.4. The Morgan fingerprint density at radius 2 is 1.15 bits per heavy atom. The van der Waals surface area contributed by atoms with Crippen molar-refractivity contribution in [2.45, 2.75) is 122 Å². The Bertz CT molecular complexity index is 2330. The molecule has 0 saturated heterocycles. The summed E-state index contributed by atoms with van der Waals surface area (Å²) in [6.07, 6.45) is 20.6. The number of rotatable bonds is 10. The minimum absolute atomic E-state index is 0.0378. The number of carbonyl (C=O) groups is 1. The maximum absolute atomic E-state index is 15.4. The first-order valence-corrected chi connectivity index (χ1v) is 23.4. The number of hydrogen-bond donors (Lipinski definition) is 1. The number of nitrogens with one attached hydrogen (secondary N) is 1. The van der Waals surface area contributed by atoms with E-state index in [4.69, 9.17) is 10.1 Å². The van der Waals surface area contributed by atoms with Crippen LogP contribution in [0.1, 0.15) is 129 Å². The molecule has 318 valence electrons. The van der Waals surface area contributed by atoms with Gasteiger partial charge in [0.1, 0.15) is 11.4 Å². The zero-order valence-electron chi connectivity index (χ0n) is 36.7. The molecule has 0 spiro atoms. The Hall–Kier alpha value is -5.95. The Morgan fingerprint density at radius 1 is 0.629 bits per heavy atom. The number of benzene rings is 5. The molecule has 2 heterocycles. The standard InChI is InChI=1S/C55H62N6O/c1-41-38-50-51(39-42(41)2)60(54(62)61(58-53(50)43-22-12-8-13-23-43)49-30-20-6-4-3-5-7-21-31-49)48-34-32-47(33-35-48)57-40-52-56-36-37-59(52)55(44-24-14-9-15-25-44,45-26-16-10-17-27-45)46-28-18-11-19-29-46/h9-11,14-19,24-29,32-39,43,49,57H,3-8,12-13,20-23,30-31,40H2,1-2H3. The van der Waals surface area contributed by atoms with E-state index in [1.54, 1.807) is 0 Å². The molecule has 2 aliphatic carbocycles. The zero-order chi connectivity index (χ0) is 42.3. The molecule has 62 heavy (non-hydrogen) atoms. The van der Waals surface area contributed by atoms with Gasteiger partial charge in [-0.05, 0) is 104 Å². The van der Waals surface area contributed by atoms with Crippen LogP contribution in [0.15, 0.2) is 145 Å². The Kier molecular flexibility index (Phi) is 12.7. The molecular formula is C55H62N6O. The normalized spacial score (nSPS) is 17.3. The second-order valence-electron chi connectivity index (χ2n) is 17.9. The first-order chi connectivity index (χ1) is 30.5. The van der Waals surface area contributed by atoms with Crippen LogP contribution in [-0.2, 0) is 12.1 Å². The highest BCUT2D eigenvalue weighted by molar-refractivity contribution is 6.14. The van der Waals surface area contributed by atoms with Crippen molar-refractivity contribution in [3.05, 3.63) is 179 Å². The van der Waals surface area contributed by atoms with Gasteiger partial charge in [0.05, 0.1) is 29.7 Å². The number of hydrogen-bond acceptors (Lipinski definition) is 4. The Balaban J connectivity index is 1.06. The highest BCUT2D eigenvalue weighted by atomic mass is 16.2. The van der Waals surface area contributed by atoms with Gasteiger partial charge in [-0.2, -0.15) is 5.10 Å². The van der Waals surface area contributed by atoms with E-state index in [0.29, 0.717) is 12.5 Å². The summed E-state index contributed by atoms with van der Waals surface area (Å²) in [5.41, 5.74) is 10.2. The van der Waals surface area contributed by atoms with Crippen molar-refractivity contribution in [2.75, 3.05) is 10.2 Å². The van der Waals surface area contributed by atoms with Gasteiger partial charge in [0.2, 0.25) is 0 Å². The van der Waals surface area contributed by atoms with Gasteiger partial charge in [-0.3, -0.25) is 4.90 Å². The number of amides is 2. The van der Waals surface area contributed by atoms with Crippen molar-refractivity contribution < 1.29 is 4.79 Å². The molecule has 6 aromatic rings. The number of aryl methyl sites for hydroxylation is 2. The largest absolute Gasteiger partial charge is 0.378 e. The number of carbonyl (C=O) groups excluding carboxylic acids is 1. The molecule has 1 aliphatic heterocycles. The van der Waals surface area contributed by atoms with Crippen LogP contribution >= 0.6 is 0 Å². The molecule has 0 radical (unpaired) electrons. The fraction of sp³-hybridized carbons (Fsp3) is 0.364. The summed E-state index contributed by atoms with van der Waals surface area (Å²) < 4.78 is 2.32. The van der Waals surface area contributed by atoms with Gasteiger partial charge in [-0.15, -0.1) is 0 Å². The van der Waals surface area contributed by atoms with Crippen molar-refractivity contribution in [3.63, 3.8) is 0 Å². The van der Waals surface area contributed by atoms with Crippen LogP contribution in [0.5, 0.6) is 0 Å². The van der Waals surface area contributed by atoms with E-state index in [-0.39, 0.29) is 12.1 Å². The molecule has 0 unspecified atom stereocenters. The molecule has 2 saturated carbocycles. The predicted molar refractivity (Wildman–Crippen MR) is 254 cm³/mol. The van der Waals surface area contributed by atoms with Crippen LogP contribution in [0, 0.1) is 19.8 Å². The topological polar surface area (TPSA) is 65.8 Å². The summed E-state index contributed by atoms with van der Waals surface area (Å²) in [7, 11) is 0. The van der Waals surface area contributed by atoms with Crippen molar-refractivity contribution in [2.24, 2.45) is 11.0 Å². The third-order valence-corrected chi connectivity index (χ3v) is 13.9. The molecule has 0 bridgehead atoms. The monoisotopic (exact) mass is 822 g/mol. The van der Waals surface area contributed by atoms with Gasteiger partial charge in [0.15, 0.2) is 0 Å². The van der Waals surface area contributed by atoms with Gasteiger partial charge in [0, 0.05) is 29.6 Å². The molecule has 0 atom stereocenters. The lowest BCUT2D eigenvalue weighted by Crippen LogP contribution is -2.43. The van der Waals surface area contributed by atoms with Gasteiger partial charge >= 0.3 is 6.03 Å². The van der Waals surface area contributed by atoms with Gasteiger partial charge in [-0.1, -0.05) is 155 Å². The molecule has 2 amide bonds. The minimum Gasteiger partial charge on any atom is -0.378 e. The number of imidazole rings is 1. The second-order valence-corrected chi connectivity index (χ2v) is 17.9. The quantitative estimate of drug-likeness (QED) is 0.140. The number of fused-ring (bicyclic) bond motifs is 1. The van der Waals surface area contributed by atoms with E-state index < -0.39 is 5.54 Å². The van der Waals surface area contributed by atoms with Gasteiger partial charge in [0.25, 0.3) is 0 Å². The Labute approximate surface area is 368 Å². The van der Waals surface area contributed by atoms with Crippen molar-refractivity contribution in [3.8, 4) is 0 Å². The molecule has 1 aromatic heterocycles. The van der Waals surface area contributed by atoms with Crippen LogP contribution in [-0.4, -0.2) is 32.3 Å². The lowest BCUT2D eigenvalue weighted by molar-refractivity contribution is 0.174. The van der Waals surface area contributed by atoms with E-state index in [1.807, 2.05) is 16.1 Å². The summed E-state index contributed by atoms with van der Waals surface area (Å²) in [4.78, 5) is 22.3. The van der Waals surface area contributed by atoms with E-state index in [0.717, 1.165) is 89.4 Å². The average Bonchev–Trinajstić information content (AvgIpc) is 3.75. The lowest BCUT2D eigenvalue weighted by Gasteiger charge is -2.38. The van der Waals surface area contributed by atoms with Crippen molar-refractivity contribution >= 4 is 28.8 Å². The van der Waals surface area contributed by atoms with Gasteiger partial charge < -0.3 is 9.88 Å². The highest BCUT2D eigenvalue weighted by Gasteiger charge is 2.40. The second kappa shape index (κ2) is 19.0. The van der Waals surface area contributed by atoms with Crippen LogP contribution in [0.4, 0.5) is 21.9 Å². The number of urea groups is 1. The smallest absolute Gasteiger partial charge is 0.349 e. The summed E-state index contributed by atoms with van der Waals surface area (Å²) in [6.45, 7) is 4.86. The van der Waals surface area contributed by atoms with Crippen LogP contribution in [0.2, 0.25) is 0 Å². The molecule has 7 nitrogen and oxygen atoms in total. The Morgan fingerprint density at radius 3 is 1.73 bits per heavy atom. The maximum Gasteiger partial charge on any atom is 0.349 e. The molecular weight excluding hydrogens is 761 g/mol. The third-order valence-electron chi connectivity index (χ3n) is 13.9. The first kappa shape index (κ1) is 41.4. The highest BCUT2D eigenvalue weighted by Crippen LogP contribution is 2.43. The molecule has 7 heteroatoms. The molecule has 1 N–H and O–H groups in total. The van der Waals surface area contributed by atoms with Crippen molar-refractivity contribution in [1.29, 1.82) is 0 Å². The van der Waals surface area contributed by atoms with E-state index in [9.17, 15) is 0 Å². The van der Waals surface area contributed by atoms with Crippen LogP contribution in [0.3, 0.4) is 0 Å². The van der Waals surface area contributed by atoms with E-state index >= 15 is 4.79 Å². The first-order valence-electron chi connectivity index (χ1n) is 23.4. The number of nitrogens with zero attached hydrogens (tertiary/aromatic N) is 5. The fourth-order valence-corrected chi connectivity index (χ4v) is 10.4. The SMILES string of the molecule is Cc1cc2c(cc1C)N(c1ccc(NCc3nccn3C(c3ccccc3)(c3ccccc3)c3ccccc3)cc1)C(=O)N(C1CCCCCCCCC1)N=C2C1CCCCC1. The minimum atomic E-state index is -0.655. The number of hydrazone groups is 1. The summed E-state index contributed by atoms with van der Waals surface area (Å²) >= 11 is 0. The molecule has 3 aliphatic rings. The number of anilines is 3. The average molecular weight is 823 g/mol. The molecule has 5 aromatic carbocycles. The van der Waals surface area contributed by atoms with E-state index in [1.165, 1.54) is 62.5 Å². The summed E-state index contributed by atoms with van der Waals surface area (Å²) in [5.74, 6) is 1.25. The predicted octanol–water partition coefficient (Wildman–Crippen LogP) is 13.7.